The molecule has 1 aromatic carbocycles. The number of carbonyl (C=O) groups excluding carboxylic acids is 1. The van der Waals surface area contributed by atoms with E-state index in [9.17, 15) is 9.59 Å². The van der Waals surface area contributed by atoms with Crippen LogP contribution in [0.5, 0.6) is 0 Å². The van der Waals surface area contributed by atoms with Gasteiger partial charge in [-0.3, -0.25) is 14.2 Å². The lowest BCUT2D eigenvalue weighted by molar-refractivity contribution is -0.121. The molecule has 2 N–H and O–H groups in total. The van der Waals surface area contributed by atoms with Crippen LogP contribution in [0, 0.1) is 13.8 Å². The summed E-state index contributed by atoms with van der Waals surface area (Å²) in [4.78, 5) is 33.9. The molecule has 4 aromatic rings. The molecule has 3 heterocycles. The van der Waals surface area contributed by atoms with E-state index >= 15 is 0 Å². The second-order valence-corrected chi connectivity index (χ2v) is 7.77. The van der Waals surface area contributed by atoms with Gasteiger partial charge in [0.15, 0.2) is 5.82 Å². The fourth-order valence-corrected chi connectivity index (χ4v) is 3.64. The predicted octanol–water partition coefficient (Wildman–Crippen LogP) is 3.51. The second kappa shape index (κ2) is 11.8. The SMILES string of the molecule is CC.Cc1cc(CNC(=O)Cn2c(C)cnc(NCCc3ccccc3)c2=O)cn2ccnc12. The molecule has 8 heteroatoms. The average Bonchev–Trinajstić information content (AvgIpc) is 3.33. The topological polar surface area (TPSA) is 93.3 Å². The average molecular weight is 461 g/mol. The van der Waals surface area contributed by atoms with Gasteiger partial charge < -0.3 is 15.0 Å². The van der Waals surface area contributed by atoms with Crippen LogP contribution in [-0.2, 0) is 24.3 Å². The van der Waals surface area contributed by atoms with Crippen LogP contribution in [0.4, 0.5) is 5.82 Å². The summed E-state index contributed by atoms with van der Waals surface area (Å²) in [5, 5.41) is 5.99. The molecule has 4 rings (SSSR count). The van der Waals surface area contributed by atoms with E-state index < -0.39 is 0 Å². The van der Waals surface area contributed by atoms with Crippen molar-refractivity contribution >= 4 is 17.4 Å². The maximum Gasteiger partial charge on any atom is 0.293 e. The Morgan fingerprint density at radius 2 is 1.82 bits per heavy atom. The van der Waals surface area contributed by atoms with Crippen LogP contribution in [0.3, 0.4) is 0 Å². The Labute approximate surface area is 199 Å². The molecule has 0 aliphatic heterocycles. The lowest BCUT2D eigenvalue weighted by Crippen LogP contribution is -2.34. The summed E-state index contributed by atoms with van der Waals surface area (Å²) in [5.74, 6) is 0.0144. The first-order valence-corrected chi connectivity index (χ1v) is 11.5. The van der Waals surface area contributed by atoms with Crippen molar-refractivity contribution in [1.82, 2.24) is 24.3 Å². The van der Waals surface area contributed by atoms with E-state index in [2.05, 4.69) is 20.6 Å². The third-order valence-electron chi connectivity index (χ3n) is 5.32. The first kappa shape index (κ1) is 24.7. The molecular weight excluding hydrogens is 428 g/mol. The third-order valence-corrected chi connectivity index (χ3v) is 5.32. The molecule has 0 radical (unpaired) electrons. The summed E-state index contributed by atoms with van der Waals surface area (Å²) >= 11 is 0. The maximum atomic E-state index is 12.9. The summed E-state index contributed by atoms with van der Waals surface area (Å²) in [6.45, 7) is 8.64. The minimum absolute atomic E-state index is 0.0626. The van der Waals surface area contributed by atoms with Gasteiger partial charge in [-0.05, 0) is 43.0 Å². The quantitative estimate of drug-likeness (QED) is 0.420. The normalized spacial score (nSPS) is 10.5. The summed E-state index contributed by atoms with van der Waals surface area (Å²) in [6.07, 6.45) is 7.94. The number of fused-ring (bicyclic) bond motifs is 1. The minimum atomic E-state index is -0.302. The monoisotopic (exact) mass is 460 g/mol. The number of hydrogen-bond acceptors (Lipinski definition) is 5. The van der Waals surface area contributed by atoms with Gasteiger partial charge >= 0.3 is 0 Å². The van der Waals surface area contributed by atoms with Crippen LogP contribution >= 0.6 is 0 Å². The molecule has 8 nitrogen and oxygen atoms in total. The largest absolute Gasteiger partial charge is 0.365 e. The Morgan fingerprint density at radius 3 is 2.59 bits per heavy atom. The van der Waals surface area contributed by atoms with Gasteiger partial charge in [-0.2, -0.15) is 0 Å². The van der Waals surface area contributed by atoms with E-state index in [1.54, 1.807) is 19.3 Å². The highest BCUT2D eigenvalue weighted by Crippen LogP contribution is 2.11. The molecule has 0 spiro atoms. The number of hydrogen-bond donors (Lipinski definition) is 2. The standard InChI is InChI=1S/C24H26N6O2.C2H6/c1-17-12-20(15-29-11-10-26-23(17)29)14-27-21(31)16-30-18(2)13-28-22(24(30)32)25-9-8-19-6-4-3-5-7-19;1-2/h3-7,10-13,15H,8-9,14,16H2,1-2H3,(H,25,28)(H,27,31);1-2H3. The van der Waals surface area contributed by atoms with Gasteiger partial charge in [-0.15, -0.1) is 0 Å². The molecule has 0 unspecified atom stereocenters. The molecule has 3 aromatic heterocycles. The molecule has 34 heavy (non-hydrogen) atoms. The van der Waals surface area contributed by atoms with Crippen molar-refractivity contribution in [1.29, 1.82) is 0 Å². The van der Waals surface area contributed by atoms with E-state index in [1.807, 2.05) is 74.0 Å². The zero-order valence-corrected chi connectivity index (χ0v) is 20.2. The van der Waals surface area contributed by atoms with E-state index in [4.69, 9.17) is 0 Å². The molecule has 178 valence electrons. The zero-order valence-electron chi connectivity index (χ0n) is 20.2. The number of rotatable bonds is 8. The van der Waals surface area contributed by atoms with E-state index in [0.717, 1.165) is 23.2 Å². The highest BCUT2D eigenvalue weighted by atomic mass is 16.2. The Kier molecular flexibility index (Phi) is 8.56. The van der Waals surface area contributed by atoms with Crippen molar-refractivity contribution < 1.29 is 4.79 Å². The van der Waals surface area contributed by atoms with E-state index in [-0.39, 0.29) is 23.8 Å². The molecule has 0 saturated heterocycles. The van der Waals surface area contributed by atoms with Gasteiger partial charge in [0.1, 0.15) is 12.2 Å². The van der Waals surface area contributed by atoms with Gasteiger partial charge in [0.05, 0.1) is 0 Å². The molecule has 0 atom stereocenters. The number of amides is 1. The summed E-state index contributed by atoms with van der Waals surface area (Å²) in [7, 11) is 0. The highest BCUT2D eigenvalue weighted by molar-refractivity contribution is 5.75. The molecule has 0 aliphatic rings. The van der Waals surface area contributed by atoms with Gasteiger partial charge in [-0.1, -0.05) is 44.2 Å². The maximum absolute atomic E-state index is 12.9. The summed E-state index contributed by atoms with van der Waals surface area (Å²) < 4.78 is 3.37. The van der Waals surface area contributed by atoms with Gasteiger partial charge in [0.2, 0.25) is 5.91 Å². The number of nitrogens with zero attached hydrogens (tertiary/aromatic N) is 4. The van der Waals surface area contributed by atoms with E-state index in [1.165, 1.54) is 10.1 Å². The molecular formula is C26H32N6O2. The summed E-state index contributed by atoms with van der Waals surface area (Å²) in [5.41, 5.74) is 4.40. The Morgan fingerprint density at radius 1 is 1.06 bits per heavy atom. The van der Waals surface area contributed by atoms with Crippen LogP contribution in [-0.4, -0.2) is 31.4 Å². The van der Waals surface area contributed by atoms with E-state index in [0.29, 0.717) is 18.8 Å². The van der Waals surface area contributed by atoms with Gasteiger partial charge in [0.25, 0.3) is 5.56 Å². The minimum Gasteiger partial charge on any atom is -0.365 e. The van der Waals surface area contributed by atoms with Crippen molar-refractivity contribution in [2.45, 2.75) is 47.2 Å². The number of aromatic nitrogens is 4. The number of nitrogens with one attached hydrogen (secondary N) is 2. The fourth-order valence-electron chi connectivity index (χ4n) is 3.64. The van der Waals surface area contributed by atoms with Gasteiger partial charge in [-0.25, -0.2) is 9.97 Å². The second-order valence-electron chi connectivity index (χ2n) is 7.77. The van der Waals surface area contributed by atoms with Crippen molar-refractivity contribution in [3.63, 3.8) is 0 Å². The zero-order chi connectivity index (χ0) is 24.5. The van der Waals surface area contributed by atoms with Gasteiger partial charge in [0, 0.05) is 43.6 Å². The first-order chi connectivity index (χ1) is 16.5. The van der Waals surface area contributed by atoms with Crippen LogP contribution in [0.15, 0.2) is 66.0 Å². The smallest absolute Gasteiger partial charge is 0.293 e. The molecule has 0 aliphatic carbocycles. The van der Waals surface area contributed by atoms with Crippen molar-refractivity contribution in [2.24, 2.45) is 0 Å². The molecule has 0 saturated carbocycles. The molecule has 0 bridgehead atoms. The van der Waals surface area contributed by atoms with Crippen molar-refractivity contribution in [2.75, 3.05) is 11.9 Å². The number of pyridine rings is 1. The van der Waals surface area contributed by atoms with Crippen LogP contribution < -0.4 is 16.2 Å². The summed E-state index contributed by atoms with van der Waals surface area (Å²) in [6, 6.07) is 12.0. The Balaban J connectivity index is 0.00000158. The Bertz CT molecular complexity index is 1290. The van der Waals surface area contributed by atoms with Crippen LogP contribution in [0.25, 0.3) is 5.65 Å². The number of aryl methyl sites for hydroxylation is 2. The number of carbonyl (C=O) groups is 1. The fraction of sp³-hybridized carbons (Fsp3) is 0.308. The number of anilines is 1. The van der Waals surface area contributed by atoms with Crippen molar-refractivity contribution in [3.05, 3.63) is 93.9 Å². The Hall–Kier alpha value is -3.94. The molecule has 0 fully saturated rings. The lowest BCUT2D eigenvalue weighted by atomic mass is 10.1. The number of benzene rings is 1. The predicted molar refractivity (Wildman–Crippen MR) is 135 cm³/mol. The lowest BCUT2D eigenvalue weighted by Gasteiger charge is -2.13. The number of imidazole rings is 1. The highest BCUT2D eigenvalue weighted by Gasteiger charge is 2.12. The van der Waals surface area contributed by atoms with Crippen molar-refractivity contribution in [3.8, 4) is 0 Å². The first-order valence-electron chi connectivity index (χ1n) is 11.5. The molecule has 1 amide bonds. The third kappa shape index (κ3) is 6.10. The van der Waals surface area contributed by atoms with Crippen LogP contribution in [0.2, 0.25) is 0 Å². The van der Waals surface area contributed by atoms with Crippen LogP contribution in [0.1, 0.15) is 36.2 Å².